The van der Waals surface area contributed by atoms with Gasteiger partial charge in [0.2, 0.25) is 10.0 Å². The van der Waals surface area contributed by atoms with Gasteiger partial charge in [0, 0.05) is 25.5 Å². The molecule has 2 aromatic heterocycles. The van der Waals surface area contributed by atoms with E-state index in [2.05, 4.69) is 20.0 Å². The number of morpholine rings is 1. The number of ether oxygens (including phenoxy) is 1. The molecule has 1 atom stereocenters. The van der Waals surface area contributed by atoms with Crippen molar-refractivity contribution in [2.75, 3.05) is 24.6 Å². The Kier molecular flexibility index (Phi) is 5.55. The predicted octanol–water partition coefficient (Wildman–Crippen LogP) is 2.59. The van der Waals surface area contributed by atoms with Crippen molar-refractivity contribution in [3.05, 3.63) is 17.1 Å². The molecule has 0 spiro atoms. The topological polar surface area (TPSA) is 126 Å². The quantitative estimate of drug-likeness (QED) is 0.537. The van der Waals surface area contributed by atoms with Crippen molar-refractivity contribution < 1.29 is 21.9 Å². The van der Waals surface area contributed by atoms with Gasteiger partial charge in [-0.2, -0.15) is 15.1 Å². The van der Waals surface area contributed by atoms with E-state index in [1.807, 2.05) is 17.9 Å². The second kappa shape index (κ2) is 8.19. The predicted molar refractivity (Wildman–Crippen MR) is 120 cm³/mol. The highest BCUT2D eigenvalue weighted by Gasteiger charge is 2.47. The molecule has 1 N–H and O–H groups in total. The van der Waals surface area contributed by atoms with E-state index in [0.29, 0.717) is 60.5 Å². The first-order valence-electron chi connectivity index (χ1n) is 10.6. The third-order valence-corrected chi connectivity index (χ3v) is 8.36. The van der Waals surface area contributed by atoms with Crippen molar-refractivity contribution in [1.29, 1.82) is 5.26 Å². The van der Waals surface area contributed by atoms with Crippen LogP contribution < -0.4 is 9.62 Å². The third-order valence-electron chi connectivity index (χ3n) is 5.91. The number of rotatable bonds is 6. The van der Waals surface area contributed by atoms with Gasteiger partial charge in [-0.3, -0.25) is 4.68 Å². The molecule has 1 saturated carbocycles. The van der Waals surface area contributed by atoms with Crippen LogP contribution in [0.1, 0.15) is 31.2 Å². The number of nitrogens with one attached hydrogen (secondary N) is 1. The molecule has 0 radical (unpaired) electrons. The Morgan fingerprint density at radius 2 is 2.12 bits per heavy atom. The highest BCUT2D eigenvalue weighted by atomic mass is 32.2. The lowest BCUT2D eigenvalue weighted by Crippen LogP contribution is -2.41. The summed E-state index contributed by atoms with van der Waals surface area (Å²) >= 11 is 0.711. The molecule has 1 aromatic carbocycles. The van der Waals surface area contributed by atoms with E-state index in [9.17, 15) is 22.5 Å². The molecule has 14 heteroatoms. The molecule has 3 aromatic rings. The number of benzene rings is 1. The molecule has 0 bridgehead atoms. The minimum atomic E-state index is -4.05. The molecular weight excluding hydrogens is 488 g/mol. The van der Waals surface area contributed by atoms with Gasteiger partial charge in [-0.1, -0.05) is 11.3 Å². The smallest absolute Gasteiger partial charge is 0.291 e. The first-order valence-corrected chi connectivity index (χ1v) is 12.9. The van der Waals surface area contributed by atoms with Crippen LogP contribution in [0.5, 0.6) is 0 Å². The van der Waals surface area contributed by atoms with E-state index >= 15 is 0 Å². The molecule has 2 fully saturated rings. The van der Waals surface area contributed by atoms with Crippen LogP contribution in [0.15, 0.2) is 17.0 Å². The monoisotopic (exact) mass is 509 g/mol. The number of aromatic nitrogens is 4. The number of nitrogens with zero attached hydrogens (tertiary/aromatic N) is 6. The lowest BCUT2D eigenvalue weighted by Gasteiger charge is -2.33. The van der Waals surface area contributed by atoms with Crippen LogP contribution >= 0.6 is 11.3 Å². The number of alkyl halides is 2. The van der Waals surface area contributed by atoms with Gasteiger partial charge in [0.15, 0.2) is 10.0 Å². The van der Waals surface area contributed by atoms with E-state index in [4.69, 9.17) is 4.74 Å². The minimum Gasteiger partial charge on any atom is -0.375 e. The molecule has 1 aliphatic carbocycles. The van der Waals surface area contributed by atoms with E-state index in [1.54, 1.807) is 17.8 Å². The molecule has 34 heavy (non-hydrogen) atoms. The molecule has 1 saturated heterocycles. The summed E-state index contributed by atoms with van der Waals surface area (Å²) in [5, 5.41) is 21.5. The Hall–Kier alpha value is -2.73. The van der Waals surface area contributed by atoms with Crippen LogP contribution in [0, 0.1) is 11.3 Å². The Balaban J connectivity index is 1.70. The molecule has 0 unspecified atom stereocenters. The van der Waals surface area contributed by atoms with Crippen LogP contribution in [-0.4, -0.2) is 59.7 Å². The van der Waals surface area contributed by atoms with Gasteiger partial charge in [0.1, 0.15) is 11.2 Å². The second-order valence-corrected chi connectivity index (χ2v) is 11.2. The molecule has 0 amide bonds. The summed E-state index contributed by atoms with van der Waals surface area (Å²) in [6, 6.07) is 5.04. The van der Waals surface area contributed by atoms with Crippen LogP contribution in [-0.2, 0) is 21.8 Å². The summed E-state index contributed by atoms with van der Waals surface area (Å²) in [4.78, 5) is 1.98. The van der Waals surface area contributed by atoms with Gasteiger partial charge in [-0.25, -0.2) is 17.2 Å². The molecule has 10 nitrogen and oxygen atoms in total. The summed E-state index contributed by atoms with van der Waals surface area (Å²) in [6.07, 6.45) is -1.96. The maximum absolute atomic E-state index is 13.3. The van der Waals surface area contributed by atoms with E-state index in [-0.39, 0.29) is 21.7 Å². The first-order chi connectivity index (χ1) is 16.1. The molecular formula is C20H21F2N7O3S2. The van der Waals surface area contributed by atoms with E-state index in [0.717, 1.165) is 0 Å². The van der Waals surface area contributed by atoms with Gasteiger partial charge in [0.05, 0.1) is 34.9 Å². The average molecular weight is 510 g/mol. The summed E-state index contributed by atoms with van der Waals surface area (Å²) in [5.41, 5.74) is 0.431. The SMILES string of the molecule is C[C@@H]1CN(c2cc(S(=O)(=O)NC3(C#N)CC3)cc3c(-c4nnc(C(F)F)s4)nn(C)c23)CCO1. The third kappa shape index (κ3) is 4.02. The summed E-state index contributed by atoms with van der Waals surface area (Å²) in [6.45, 7) is 3.46. The minimum absolute atomic E-state index is 0.0384. The number of aryl methyl sites for hydroxylation is 1. The maximum atomic E-state index is 13.3. The van der Waals surface area contributed by atoms with Crippen molar-refractivity contribution >= 4 is 38.0 Å². The first kappa shape index (κ1) is 23.0. The normalized spacial score (nSPS) is 20.1. The standard InChI is InChI=1S/C20H21F2N7O3S2/c1-11-9-29(5-6-32-11)14-8-12(34(30,31)27-20(10-23)3-4-20)7-13-15(26-28(2)16(13)14)18-24-25-19(33-18)17(21)22/h7-8,11,17,27H,3-6,9H2,1-2H3/t11-/m1/s1. The van der Waals surface area contributed by atoms with Crippen LogP contribution in [0.4, 0.5) is 14.5 Å². The average Bonchev–Trinajstić information content (AvgIpc) is 3.23. The van der Waals surface area contributed by atoms with Crippen molar-refractivity contribution in [2.45, 2.75) is 42.7 Å². The van der Waals surface area contributed by atoms with Gasteiger partial charge in [-0.05, 0) is 31.9 Å². The highest BCUT2D eigenvalue weighted by molar-refractivity contribution is 7.89. The van der Waals surface area contributed by atoms with Gasteiger partial charge >= 0.3 is 0 Å². The molecule has 1 aliphatic heterocycles. The number of halogens is 2. The zero-order chi connectivity index (χ0) is 24.3. The van der Waals surface area contributed by atoms with Gasteiger partial charge in [-0.15, -0.1) is 10.2 Å². The maximum Gasteiger partial charge on any atom is 0.291 e. The molecule has 3 heterocycles. The van der Waals surface area contributed by atoms with Gasteiger partial charge in [0.25, 0.3) is 6.43 Å². The number of sulfonamides is 1. The van der Waals surface area contributed by atoms with Crippen LogP contribution in [0.2, 0.25) is 0 Å². The van der Waals surface area contributed by atoms with Gasteiger partial charge < -0.3 is 9.64 Å². The molecule has 5 rings (SSSR count). The fourth-order valence-electron chi connectivity index (χ4n) is 4.06. The summed E-state index contributed by atoms with van der Waals surface area (Å²) in [7, 11) is -2.35. The molecule has 180 valence electrons. The van der Waals surface area contributed by atoms with Crippen molar-refractivity contribution in [3.63, 3.8) is 0 Å². The van der Waals surface area contributed by atoms with Crippen molar-refractivity contribution in [3.8, 4) is 16.8 Å². The zero-order valence-electron chi connectivity index (χ0n) is 18.3. The van der Waals surface area contributed by atoms with Crippen molar-refractivity contribution in [1.82, 2.24) is 24.7 Å². The number of anilines is 1. The van der Waals surface area contributed by atoms with E-state index < -0.39 is 27.0 Å². The number of hydrogen-bond acceptors (Lipinski definition) is 9. The Morgan fingerprint density at radius 1 is 1.35 bits per heavy atom. The van der Waals surface area contributed by atoms with E-state index in [1.165, 1.54) is 6.07 Å². The Morgan fingerprint density at radius 3 is 2.74 bits per heavy atom. The van der Waals surface area contributed by atoms with Crippen molar-refractivity contribution in [2.24, 2.45) is 7.05 Å². The van der Waals surface area contributed by atoms with Crippen LogP contribution in [0.25, 0.3) is 21.6 Å². The number of nitriles is 1. The highest BCUT2D eigenvalue weighted by Crippen LogP contribution is 2.40. The largest absolute Gasteiger partial charge is 0.375 e. The summed E-state index contributed by atoms with van der Waals surface area (Å²) in [5.74, 6) is 0. The fourth-order valence-corrected chi connectivity index (χ4v) is 6.18. The van der Waals surface area contributed by atoms with Crippen LogP contribution in [0.3, 0.4) is 0 Å². The number of fused-ring (bicyclic) bond motifs is 1. The Labute approximate surface area is 198 Å². The fraction of sp³-hybridized carbons (Fsp3) is 0.500. The number of hydrogen-bond donors (Lipinski definition) is 1. The lowest BCUT2D eigenvalue weighted by atomic mass is 10.1. The zero-order valence-corrected chi connectivity index (χ0v) is 20.0. The Bertz CT molecular complexity index is 1410. The second-order valence-electron chi connectivity index (χ2n) is 8.48. The lowest BCUT2D eigenvalue weighted by molar-refractivity contribution is 0.0533. The molecule has 2 aliphatic rings. The summed E-state index contributed by atoms with van der Waals surface area (Å²) < 4.78 is 62.6.